The van der Waals surface area contributed by atoms with E-state index in [-0.39, 0.29) is 36.4 Å². The van der Waals surface area contributed by atoms with Crippen LogP contribution >= 0.6 is 24.8 Å². The number of ether oxygens (including phenoxy) is 1. The maximum absolute atomic E-state index is 13.8. The Hall–Kier alpha value is -1.15. The van der Waals surface area contributed by atoms with E-state index in [1.165, 1.54) is 6.07 Å². The van der Waals surface area contributed by atoms with Crippen molar-refractivity contribution < 1.29 is 18.3 Å². The number of hydrogen-bond donors (Lipinski definition) is 1. The zero-order valence-corrected chi connectivity index (χ0v) is 14.7. The highest BCUT2D eigenvalue weighted by atomic mass is 35.5. The summed E-state index contributed by atoms with van der Waals surface area (Å²) in [5.41, 5.74) is 0.252. The summed E-state index contributed by atoms with van der Waals surface area (Å²) in [4.78, 5) is 15.8. The third-order valence-electron chi connectivity index (χ3n) is 4.04. The van der Waals surface area contributed by atoms with Gasteiger partial charge in [-0.05, 0) is 12.1 Å². The molecule has 2 saturated heterocycles. The molecule has 0 aromatic heterocycles. The van der Waals surface area contributed by atoms with E-state index in [2.05, 4.69) is 5.32 Å². The highest BCUT2D eigenvalue weighted by Gasteiger charge is 2.29. The molecule has 2 aliphatic heterocycles. The molecule has 1 amide bonds. The van der Waals surface area contributed by atoms with Crippen LogP contribution in [0.2, 0.25) is 0 Å². The SMILES string of the molecule is Cl.Cl.O=C(C1CNCCO1)N1CCN(c2cc(F)ccc2F)CC1. The van der Waals surface area contributed by atoms with Gasteiger partial charge < -0.3 is 19.9 Å². The molecule has 1 N–H and O–H groups in total. The molecule has 2 aliphatic rings. The second-order valence-electron chi connectivity index (χ2n) is 5.47. The van der Waals surface area contributed by atoms with E-state index >= 15 is 0 Å². The van der Waals surface area contributed by atoms with Crippen LogP contribution in [0.5, 0.6) is 0 Å². The molecular formula is C15H21Cl2F2N3O2. The van der Waals surface area contributed by atoms with E-state index < -0.39 is 17.7 Å². The van der Waals surface area contributed by atoms with Crippen molar-refractivity contribution in [3.05, 3.63) is 29.8 Å². The zero-order valence-electron chi connectivity index (χ0n) is 13.0. The van der Waals surface area contributed by atoms with Crippen molar-refractivity contribution in [1.29, 1.82) is 0 Å². The van der Waals surface area contributed by atoms with E-state index in [1.54, 1.807) is 9.80 Å². The number of halogens is 4. The van der Waals surface area contributed by atoms with Crippen LogP contribution in [-0.2, 0) is 9.53 Å². The third-order valence-corrected chi connectivity index (χ3v) is 4.04. The number of hydrogen-bond acceptors (Lipinski definition) is 4. The monoisotopic (exact) mass is 383 g/mol. The molecule has 136 valence electrons. The number of amides is 1. The summed E-state index contributed by atoms with van der Waals surface area (Å²) in [7, 11) is 0. The van der Waals surface area contributed by atoms with Crippen LogP contribution in [0.3, 0.4) is 0 Å². The Morgan fingerprint density at radius 1 is 1.17 bits per heavy atom. The Balaban J connectivity index is 0.00000144. The van der Waals surface area contributed by atoms with Gasteiger partial charge in [0.25, 0.3) is 5.91 Å². The minimum absolute atomic E-state index is 0. The van der Waals surface area contributed by atoms with Gasteiger partial charge in [-0.15, -0.1) is 24.8 Å². The Kier molecular flexibility index (Phi) is 8.15. The molecule has 2 heterocycles. The number of benzene rings is 1. The van der Waals surface area contributed by atoms with E-state index in [1.807, 2.05) is 0 Å². The summed E-state index contributed by atoms with van der Waals surface area (Å²) in [6.45, 7) is 3.74. The molecule has 2 fully saturated rings. The van der Waals surface area contributed by atoms with Gasteiger partial charge in [-0.3, -0.25) is 4.79 Å². The smallest absolute Gasteiger partial charge is 0.253 e. The van der Waals surface area contributed by atoms with Crippen LogP contribution in [0.25, 0.3) is 0 Å². The lowest BCUT2D eigenvalue weighted by atomic mass is 10.2. The lowest BCUT2D eigenvalue weighted by Crippen LogP contribution is -2.55. The van der Waals surface area contributed by atoms with Crippen molar-refractivity contribution in [2.75, 3.05) is 50.8 Å². The highest BCUT2D eigenvalue weighted by molar-refractivity contribution is 5.85. The van der Waals surface area contributed by atoms with Gasteiger partial charge >= 0.3 is 0 Å². The van der Waals surface area contributed by atoms with Gasteiger partial charge in [-0.2, -0.15) is 0 Å². The molecule has 0 saturated carbocycles. The van der Waals surface area contributed by atoms with Crippen molar-refractivity contribution in [3.63, 3.8) is 0 Å². The van der Waals surface area contributed by atoms with Crippen molar-refractivity contribution in [1.82, 2.24) is 10.2 Å². The molecule has 1 atom stereocenters. The first-order chi connectivity index (χ1) is 10.6. The normalized spacial score (nSPS) is 20.8. The number of carbonyl (C=O) groups excluding carboxylic acids is 1. The molecular weight excluding hydrogens is 363 g/mol. The molecule has 5 nitrogen and oxygen atoms in total. The Morgan fingerprint density at radius 3 is 2.50 bits per heavy atom. The summed E-state index contributed by atoms with van der Waals surface area (Å²) in [5.74, 6) is -0.941. The number of rotatable bonds is 2. The molecule has 1 aromatic carbocycles. The van der Waals surface area contributed by atoms with Crippen LogP contribution < -0.4 is 10.2 Å². The first-order valence-electron chi connectivity index (χ1n) is 7.46. The zero-order chi connectivity index (χ0) is 15.5. The summed E-state index contributed by atoms with van der Waals surface area (Å²) in [6, 6.07) is 3.43. The number of morpholine rings is 1. The fraction of sp³-hybridized carbons (Fsp3) is 0.533. The van der Waals surface area contributed by atoms with Crippen LogP contribution in [0.4, 0.5) is 14.5 Å². The summed E-state index contributed by atoms with van der Waals surface area (Å²) >= 11 is 0. The minimum Gasteiger partial charge on any atom is -0.366 e. The van der Waals surface area contributed by atoms with Crippen molar-refractivity contribution >= 4 is 36.4 Å². The van der Waals surface area contributed by atoms with E-state index in [0.717, 1.165) is 18.7 Å². The first-order valence-corrected chi connectivity index (χ1v) is 7.46. The van der Waals surface area contributed by atoms with Gasteiger partial charge in [-0.25, -0.2) is 8.78 Å². The second-order valence-corrected chi connectivity index (χ2v) is 5.47. The van der Waals surface area contributed by atoms with Crippen molar-refractivity contribution in [3.8, 4) is 0 Å². The van der Waals surface area contributed by atoms with E-state index in [4.69, 9.17) is 4.74 Å². The van der Waals surface area contributed by atoms with Gasteiger partial charge in [0.05, 0.1) is 12.3 Å². The molecule has 9 heteroatoms. The van der Waals surface area contributed by atoms with Gasteiger partial charge in [0.2, 0.25) is 0 Å². The maximum atomic E-state index is 13.8. The Labute approximate surface area is 152 Å². The quantitative estimate of drug-likeness (QED) is 0.839. The average molecular weight is 384 g/mol. The molecule has 1 unspecified atom stereocenters. The standard InChI is InChI=1S/C15H19F2N3O2.2ClH/c16-11-1-2-12(17)13(9-11)19-4-6-20(7-5-19)15(21)14-10-18-3-8-22-14;;/h1-2,9,14,18H,3-8,10H2;2*1H. The van der Waals surface area contributed by atoms with E-state index in [9.17, 15) is 13.6 Å². The summed E-state index contributed by atoms with van der Waals surface area (Å²) < 4.78 is 32.5. The van der Waals surface area contributed by atoms with Gasteiger partial charge in [-0.1, -0.05) is 0 Å². The number of nitrogens with one attached hydrogen (secondary N) is 1. The van der Waals surface area contributed by atoms with Crippen LogP contribution in [0.15, 0.2) is 18.2 Å². The summed E-state index contributed by atoms with van der Waals surface area (Å²) in [6.07, 6.45) is -0.439. The van der Waals surface area contributed by atoms with Crippen molar-refractivity contribution in [2.45, 2.75) is 6.10 Å². The molecule has 1 aromatic rings. The lowest BCUT2D eigenvalue weighted by molar-refractivity contribution is -0.145. The predicted octanol–water partition coefficient (Wildman–Crippen LogP) is 1.45. The van der Waals surface area contributed by atoms with Crippen LogP contribution in [0, 0.1) is 11.6 Å². The molecule has 24 heavy (non-hydrogen) atoms. The van der Waals surface area contributed by atoms with Gasteiger partial charge in [0, 0.05) is 45.3 Å². The summed E-state index contributed by atoms with van der Waals surface area (Å²) in [5, 5.41) is 3.13. The second kappa shape index (κ2) is 9.36. The topological polar surface area (TPSA) is 44.8 Å². The van der Waals surface area contributed by atoms with Crippen LogP contribution in [-0.4, -0.2) is 62.8 Å². The lowest BCUT2D eigenvalue weighted by Gasteiger charge is -2.38. The number of nitrogens with zero attached hydrogens (tertiary/aromatic N) is 2. The van der Waals surface area contributed by atoms with Gasteiger partial charge in [0.15, 0.2) is 0 Å². The number of carbonyl (C=O) groups is 1. The Morgan fingerprint density at radius 2 is 1.88 bits per heavy atom. The highest BCUT2D eigenvalue weighted by Crippen LogP contribution is 2.22. The molecule has 3 rings (SSSR count). The molecule has 0 bridgehead atoms. The fourth-order valence-corrected chi connectivity index (χ4v) is 2.82. The predicted molar refractivity (Wildman–Crippen MR) is 92.3 cm³/mol. The molecule has 0 aliphatic carbocycles. The fourth-order valence-electron chi connectivity index (χ4n) is 2.82. The minimum atomic E-state index is -0.461. The molecule has 0 spiro atoms. The average Bonchev–Trinajstić information content (AvgIpc) is 2.57. The number of piperazine rings is 1. The van der Waals surface area contributed by atoms with Crippen LogP contribution in [0.1, 0.15) is 0 Å². The Bertz CT molecular complexity index is 552. The van der Waals surface area contributed by atoms with Gasteiger partial charge in [0.1, 0.15) is 17.7 Å². The number of anilines is 1. The first kappa shape index (κ1) is 20.9. The maximum Gasteiger partial charge on any atom is 0.253 e. The largest absolute Gasteiger partial charge is 0.366 e. The van der Waals surface area contributed by atoms with E-state index in [0.29, 0.717) is 39.3 Å². The molecule has 0 radical (unpaired) electrons. The van der Waals surface area contributed by atoms with Crippen molar-refractivity contribution in [2.24, 2.45) is 0 Å². The third kappa shape index (κ3) is 4.69.